The molecule has 0 saturated heterocycles. The molecule has 0 aliphatic rings. The average Bonchev–Trinajstić information content (AvgIpc) is 3.27. The monoisotopic (exact) mass is 391 g/mol. The third-order valence-electron chi connectivity index (χ3n) is 4.90. The maximum atomic E-state index is 11.1. The Hall–Kier alpha value is -4.19. The number of rotatable bonds is 4. The lowest BCUT2D eigenvalue weighted by molar-refractivity contribution is 0.112. The summed E-state index contributed by atoms with van der Waals surface area (Å²) in [6, 6.07) is 17.2. The molecule has 0 aliphatic heterocycles. The van der Waals surface area contributed by atoms with E-state index in [9.17, 15) is 4.79 Å². The molecule has 4 heterocycles. The predicted octanol–water partition coefficient (Wildman–Crippen LogP) is 4.87. The summed E-state index contributed by atoms with van der Waals surface area (Å²) in [4.78, 5) is 32.8. The molecule has 6 heteroatoms. The molecular weight excluding hydrogens is 374 g/mol. The van der Waals surface area contributed by atoms with Gasteiger partial charge in [-0.1, -0.05) is 24.3 Å². The lowest BCUT2D eigenvalue weighted by atomic mass is 10.0. The number of aryl methyl sites for hydroxylation is 1. The van der Waals surface area contributed by atoms with E-state index >= 15 is 0 Å². The van der Waals surface area contributed by atoms with Crippen LogP contribution in [0.25, 0.3) is 44.9 Å². The van der Waals surface area contributed by atoms with E-state index in [0.29, 0.717) is 11.4 Å². The summed E-state index contributed by atoms with van der Waals surface area (Å²) in [6.07, 6.45) is 6.26. The molecule has 6 nitrogen and oxygen atoms in total. The number of nitrogens with one attached hydrogen (secondary N) is 1. The highest BCUT2D eigenvalue weighted by atomic mass is 16.1. The minimum Gasteiger partial charge on any atom is -0.346 e. The first-order valence-electron chi connectivity index (χ1n) is 9.51. The predicted molar refractivity (Wildman–Crippen MR) is 116 cm³/mol. The number of benzene rings is 1. The number of fused-ring (bicyclic) bond motifs is 1. The van der Waals surface area contributed by atoms with Gasteiger partial charge in [-0.15, -0.1) is 0 Å². The van der Waals surface area contributed by atoms with E-state index in [0.717, 1.165) is 51.1 Å². The Bertz CT molecular complexity index is 1390. The smallest absolute Gasteiger partial charge is 0.180 e. The Kier molecular flexibility index (Phi) is 4.37. The second-order valence-electron chi connectivity index (χ2n) is 7.01. The molecule has 5 aromatic rings. The molecule has 1 aromatic carbocycles. The standard InChI is InChI=1S/C24H17N5O/c1-15-4-2-7-21(27-15)24-28-22(20-8-9-26-23(20)29-24)19-11-18(12-25-13-19)17-6-3-5-16(10-17)14-30/h2-14H,1H3,(H,26,28,29). The van der Waals surface area contributed by atoms with Gasteiger partial charge < -0.3 is 4.98 Å². The Morgan fingerprint density at radius 2 is 1.73 bits per heavy atom. The molecule has 4 aromatic heterocycles. The summed E-state index contributed by atoms with van der Waals surface area (Å²) in [5.41, 5.74) is 6.47. The van der Waals surface area contributed by atoms with Crippen molar-refractivity contribution in [2.45, 2.75) is 6.92 Å². The normalized spacial score (nSPS) is 11.0. The van der Waals surface area contributed by atoms with Gasteiger partial charge in [0.1, 0.15) is 17.6 Å². The summed E-state index contributed by atoms with van der Waals surface area (Å²) in [6.45, 7) is 1.94. The van der Waals surface area contributed by atoms with E-state index in [1.54, 1.807) is 18.5 Å². The highest BCUT2D eigenvalue weighted by Crippen LogP contribution is 2.30. The summed E-state index contributed by atoms with van der Waals surface area (Å²) < 4.78 is 0. The average molecular weight is 391 g/mol. The van der Waals surface area contributed by atoms with E-state index in [-0.39, 0.29) is 0 Å². The summed E-state index contributed by atoms with van der Waals surface area (Å²) >= 11 is 0. The number of aldehydes is 1. The van der Waals surface area contributed by atoms with E-state index in [4.69, 9.17) is 4.98 Å². The number of pyridine rings is 2. The van der Waals surface area contributed by atoms with Crippen LogP contribution in [0.3, 0.4) is 0 Å². The van der Waals surface area contributed by atoms with Crippen LogP contribution < -0.4 is 0 Å². The number of carbonyl (C=O) groups is 1. The molecule has 0 saturated carbocycles. The van der Waals surface area contributed by atoms with Crippen LogP contribution in [0.15, 0.2) is 73.2 Å². The molecule has 5 rings (SSSR count). The number of hydrogen-bond donors (Lipinski definition) is 1. The number of H-pyrrole nitrogens is 1. The van der Waals surface area contributed by atoms with Crippen LogP contribution in [0.4, 0.5) is 0 Å². The summed E-state index contributed by atoms with van der Waals surface area (Å²) in [5.74, 6) is 0.553. The molecule has 1 N–H and O–H groups in total. The van der Waals surface area contributed by atoms with Crippen molar-refractivity contribution in [3.63, 3.8) is 0 Å². The molecule has 0 amide bonds. The van der Waals surface area contributed by atoms with Crippen molar-refractivity contribution in [3.05, 3.63) is 84.4 Å². The van der Waals surface area contributed by atoms with Gasteiger partial charge in [0.15, 0.2) is 5.82 Å². The van der Waals surface area contributed by atoms with Crippen LogP contribution in [0.2, 0.25) is 0 Å². The second-order valence-corrected chi connectivity index (χ2v) is 7.01. The van der Waals surface area contributed by atoms with Crippen LogP contribution in [-0.4, -0.2) is 31.2 Å². The number of carbonyl (C=O) groups excluding carboxylic acids is 1. The molecule has 0 fully saturated rings. The number of aromatic amines is 1. The topological polar surface area (TPSA) is 84.4 Å². The quantitative estimate of drug-likeness (QED) is 0.442. The van der Waals surface area contributed by atoms with Gasteiger partial charge in [-0.25, -0.2) is 15.0 Å². The zero-order valence-electron chi connectivity index (χ0n) is 16.2. The van der Waals surface area contributed by atoms with Crippen molar-refractivity contribution in [1.29, 1.82) is 0 Å². The third-order valence-corrected chi connectivity index (χ3v) is 4.90. The van der Waals surface area contributed by atoms with Gasteiger partial charge in [0, 0.05) is 46.4 Å². The van der Waals surface area contributed by atoms with E-state index in [2.05, 4.69) is 19.9 Å². The van der Waals surface area contributed by atoms with Crippen LogP contribution in [0, 0.1) is 6.92 Å². The second kappa shape index (κ2) is 7.33. The Morgan fingerprint density at radius 1 is 0.867 bits per heavy atom. The van der Waals surface area contributed by atoms with Crippen molar-refractivity contribution in [3.8, 4) is 33.9 Å². The van der Waals surface area contributed by atoms with Crippen molar-refractivity contribution in [2.24, 2.45) is 0 Å². The SMILES string of the molecule is Cc1cccc(-c2nc(-c3cncc(-c4cccc(C=O)c4)c3)c3cc[nH]c3n2)n1. The molecular formula is C24H17N5O. The minimum atomic E-state index is 0.553. The van der Waals surface area contributed by atoms with E-state index < -0.39 is 0 Å². The fourth-order valence-electron chi connectivity index (χ4n) is 3.46. The van der Waals surface area contributed by atoms with Gasteiger partial charge in [0.05, 0.1) is 5.69 Å². The Morgan fingerprint density at radius 3 is 2.60 bits per heavy atom. The van der Waals surface area contributed by atoms with Crippen molar-refractivity contribution in [1.82, 2.24) is 24.9 Å². The van der Waals surface area contributed by atoms with Crippen LogP contribution in [-0.2, 0) is 0 Å². The lowest BCUT2D eigenvalue weighted by Crippen LogP contribution is -1.97. The van der Waals surface area contributed by atoms with Gasteiger partial charge in [0.25, 0.3) is 0 Å². The highest BCUT2D eigenvalue weighted by Gasteiger charge is 2.14. The molecule has 144 valence electrons. The molecule has 30 heavy (non-hydrogen) atoms. The fraction of sp³-hybridized carbons (Fsp3) is 0.0417. The van der Waals surface area contributed by atoms with Gasteiger partial charge in [-0.2, -0.15) is 0 Å². The fourth-order valence-corrected chi connectivity index (χ4v) is 3.46. The molecule has 0 radical (unpaired) electrons. The number of nitrogens with zero attached hydrogens (tertiary/aromatic N) is 4. The molecule has 0 aliphatic carbocycles. The highest BCUT2D eigenvalue weighted by molar-refractivity contribution is 5.92. The Labute approximate surface area is 172 Å². The van der Waals surface area contributed by atoms with E-state index in [1.165, 1.54) is 0 Å². The van der Waals surface area contributed by atoms with Crippen LogP contribution in [0.1, 0.15) is 16.1 Å². The first kappa shape index (κ1) is 17.9. The van der Waals surface area contributed by atoms with Crippen molar-refractivity contribution < 1.29 is 4.79 Å². The van der Waals surface area contributed by atoms with Gasteiger partial charge in [-0.05, 0) is 42.8 Å². The minimum absolute atomic E-state index is 0.553. The molecule has 0 atom stereocenters. The van der Waals surface area contributed by atoms with Crippen molar-refractivity contribution in [2.75, 3.05) is 0 Å². The first-order chi connectivity index (χ1) is 14.7. The largest absolute Gasteiger partial charge is 0.346 e. The van der Waals surface area contributed by atoms with Gasteiger partial charge in [-0.3, -0.25) is 9.78 Å². The van der Waals surface area contributed by atoms with Crippen LogP contribution in [0.5, 0.6) is 0 Å². The summed E-state index contributed by atoms with van der Waals surface area (Å²) in [5, 5.41) is 0.909. The van der Waals surface area contributed by atoms with E-state index in [1.807, 2.05) is 61.7 Å². The van der Waals surface area contributed by atoms with Crippen LogP contribution >= 0.6 is 0 Å². The molecule has 0 spiro atoms. The zero-order chi connectivity index (χ0) is 20.5. The van der Waals surface area contributed by atoms with Crippen molar-refractivity contribution >= 4 is 17.3 Å². The summed E-state index contributed by atoms with van der Waals surface area (Å²) in [7, 11) is 0. The van der Waals surface area contributed by atoms with Gasteiger partial charge >= 0.3 is 0 Å². The first-order valence-corrected chi connectivity index (χ1v) is 9.51. The lowest BCUT2D eigenvalue weighted by Gasteiger charge is -2.09. The number of hydrogen-bond acceptors (Lipinski definition) is 5. The maximum Gasteiger partial charge on any atom is 0.180 e. The Balaban J connectivity index is 1.68. The third kappa shape index (κ3) is 3.24. The molecule has 0 bridgehead atoms. The van der Waals surface area contributed by atoms with Gasteiger partial charge in [0.2, 0.25) is 0 Å². The number of aromatic nitrogens is 5. The zero-order valence-corrected chi connectivity index (χ0v) is 16.2. The maximum absolute atomic E-state index is 11.1. The molecule has 0 unspecified atom stereocenters.